The minimum Gasteiger partial charge on any atom is -0.386 e. The third kappa shape index (κ3) is 2.34. The number of nitrogens with zero attached hydrogens (tertiary/aromatic N) is 1. The van der Waals surface area contributed by atoms with Crippen molar-refractivity contribution >= 4 is 45.9 Å². The molecule has 15 heavy (non-hydrogen) atoms. The molecule has 2 heterocycles. The van der Waals surface area contributed by atoms with Crippen LogP contribution in [0.3, 0.4) is 0 Å². The van der Waals surface area contributed by atoms with Gasteiger partial charge in [0.1, 0.15) is 15.4 Å². The minimum absolute atomic E-state index is 0.545. The first-order valence-corrected chi connectivity index (χ1v) is 6.62. The normalized spacial score (nSPS) is 13.1. The van der Waals surface area contributed by atoms with E-state index in [4.69, 9.17) is 23.2 Å². The fourth-order valence-corrected chi connectivity index (χ4v) is 3.36. The standard InChI is InChI=1S/C9H7Cl2NOS2/c1-4(13)9-12-6(3-14-9)5-2-7(10)15-8(5)11/h2-4,13H,1H3. The molecule has 1 N–H and O–H groups in total. The van der Waals surface area contributed by atoms with Gasteiger partial charge in [-0.25, -0.2) is 4.98 Å². The van der Waals surface area contributed by atoms with E-state index in [2.05, 4.69) is 4.98 Å². The van der Waals surface area contributed by atoms with E-state index in [-0.39, 0.29) is 0 Å². The van der Waals surface area contributed by atoms with Crippen molar-refractivity contribution in [3.63, 3.8) is 0 Å². The van der Waals surface area contributed by atoms with Crippen molar-refractivity contribution in [3.8, 4) is 11.3 Å². The van der Waals surface area contributed by atoms with Crippen LogP contribution >= 0.6 is 45.9 Å². The molecule has 2 aromatic heterocycles. The molecule has 1 unspecified atom stereocenters. The molecule has 2 aromatic rings. The minimum atomic E-state index is -0.545. The molecule has 0 radical (unpaired) electrons. The van der Waals surface area contributed by atoms with Crippen LogP contribution in [0.15, 0.2) is 11.4 Å². The first-order chi connectivity index (χ1) is 7.08. The Labute approximate surface area is 105 Å². The van der Waals surface area contributed by atoms with E-state index in [9.17, 15) is 5.11 Å². The average molecular weight is 280 g/mol. The summed E-state index contributed by atoms with van der Waals surface area (Å²) in [6.45, 7) is 1.69. The highest BCUT2D eigenvalue weighted by Crippen LogP contribution is 2.38. The van der Waals surface area contributed by atoms with Crippen molar-refractivity contribution in [1.82, 2.24) is 4.98 Å². The van der Waals surface area contributed by atoms with Gasteiger partial charge in [0, 0.05) is 10.9 Å². The second kappa shape index (κ2) is 4.39. The maximum Gasteiger partial charge on any atom is 0.122 e. The van der Waals surface area contributed by atoms with Gasteiger partial charge >= 0.3 is 0 Å². The molecule has 0 amide bonds. The van der Waals surface area contributed by atoms with Gasteiger partial charge in [0.05, 0.1) is 10.0 Å². The molecule has 2 rings (SSSR count). The molecule has 0 aliphatic rings. The highest BCUT2D eigenvalue weighted by atomic mass is 35.5. The Morgan fingerprint density at radius 2 is 2.20 bits per heavy atom. The van der Waals surface area contributed by atoms with Crippen molar-refractivity contribution < 1.29 is 5.11 Å². The monoisotopic (exact) mass is 279 g/mol. The summed E-state index contributed by atoms with van der Waals surface area (Å²) in [5.74, 6) is 0. The number of hydrogen-bond donors (Lipinski definition) is 1. The molecule has 0 aliphatic carbocycles. The van der Waals surface area contributed by atoms with Gasteiger partial charge < -0.3 is 5.11 Å². The molecule has 0 aliphatic heterocycles. The number of aliphatic hydroxyl groups is 1. The van der Waals surface area contributed by atoms with Crippen LogP contribution in [0.2, 0.25) is 8.67 Å². The fraction of sp³-hybridized carbons (Fsp3) is 0.222. The Balaban J connectivity index is 2.41. The van der Waals surface area contributed by atoms with Crippen molar-refractivity contribution in [2.24, 2.45) is 0 Å². The molecule has 2 nitrogen and oxygen atoms in total. The van der Waals surface area contributed by atoms with E-state index in [1.165, 1.54) is 22.7 Å². The lowest BCUT2D eigenvalue weighted by atomic mass is 10.3. The Hall–Kier alpha value is -0.130. The summed E-state index contributed by atoms with van der Waals surface area (Å²) in [6.07, 6.45) is -0.545. The van der Waals surface area contributed by atoms with Crippen molar-refractivity contribution in [1.29, 1.82) is 0 Å². The van der Waals surface area contributed by atoms with Gasteiger partial charge in [-0.1, -0.05) is 23.2 Å². The number of thiazole rings is 1. The summed E-state index contributed by atoms with van der Waals surface area (Å²) >= 11 is 14.6. The van der Waals surface area contributed by atoms with Crippen molar-refractivity contribution in [2.45, 2.75) is 13.0 Å². The molecule has 6 heteroatoms. The lowest BCUT2D eigenvalue weighted by Gasteiger charge is -1.96. The molecule has 0 bridgehead atoms. The Bertz CT molecular complexity index is 478. The maximum atomic E-state index is 9.35. The number of aliphatic hydroxyl groups excluding tert-OH is 1. The smallest absolute Gasteiger partial charge is 0.122 e. The van der Waals surface area contributed by atoms with Crippen molar-refractivity contribution in [2.75, 3.05) is 0 Å². The summed E-state index contributed by atoms with van der Waals surface area (Å²) in [5, 5.41) is 11.9. The summed E-state index contributed by atoms with van der Waals surface area (Å²) in [4.78, 5) is 4.29. The van der Waals surface area contributed by atoms with Gasteiger partial charge in [-0.3, -0.25) is 0 Å². The fourth-order valence-electron chi connectivity index (χ4n) is 1.12. The zero-order chi connectivity index (χ0) is 11.0. The van der Waals surface area contributed by atoms with E-state index in [1.807, 2.05) is 5.38 Å². The highest BCUT2D eigenvalue weighted by molar-refractivity contribution is 7.20. The predicted molar refractivity (Wildman–Crippen MR) is 66.1 cm³/mol. The van der Waals surface area contributed by atoms with Gasteiger partial charge in [-0.2, -0.15) is 0 Å². The Morgan fingerprint density at radius 3 is 2.67 bits per heavy atom. The largest absolute Gasteiger partial charge is 0.386 e. The third-order valence-electron chi connectivity index (χ3n) is 1.81. The number of hydrogen-bond acceptors (Lipinski definition) is 4. The summed E-state index contributed by atoms with van der Waals surface area (Å²) in [5.41, 5.74) is 1.60. The maximum absolute atomic E-state index is 9.35. The van der Waals surface area contributed by atoms with Crippen LogP contribution in [0.1, 0.15) is 18.0 Å². The van der Waals surface area contributed by atoms with E-state index in [0.717, 1.165) is 11.3 Å². The van der Waals surface area contributed by atoms with Crippen LogP contribution in [0.4, 0.5) is 0 Å². The molecule has 0 aromatic carbocycles. The van der Waals surface area contributed by atoms with Crippen LogP contribution in [0.5, 0.6) is 0 Å². The van der Waals surface area contributed by atoms with Gasteiger partial charge in [-0.15, -0.1) is 22.7 Å². The van der Waals surface area contributed by atoms with E-state index in [0.29, 0.717) is 13.7 Å². The third-order valence-corrected chi connectivity index (χ3v) is 4.31. The molecule has 1 atom stereocenters. The number of aromatic nitrogens is 1. The highest BCUT2D eigenvalue weighted by Gasteiger charge is 2.13. The van der Waals surface area contributed by atoms with E-state index in [1.54, 1.807) is 13.0 Å². The Kier molecular flexibility index (Phi) is 3.33. The molecule has 0 saturated heterocycles. The average Bonchev–Trinajstić information content (AvgIpc) is 2.71. The molecular formula is C9H7Cl2NOS2. The Morgan fingerprint density at radius 1 is 1.47 bits per heavy atom. The molecule has 0 spiro atoms. The summed E-state index contributed by atoms with van der Waals surface area (Å²) in [6, 6.07) is 1.79. The van der Waals surface area contributed by atoms with E-state index >= 15 is 0 Å². The van der Waals surface area contributed by atoms with Crippen LogP contribution in [0, 0.1) is 0 Å². The lowest BCUT2D eigenvalue weighted by Crippen LogP contribution is -1.88. The molecule has 80 valence electrons. The summed E-state index contributed by atoms with van der Waals surface area (Å²) in [7, 11) is 0. The number of rotatable bonds is 2. The molecular weight excluding hydrogens is 273 g/mol. The zero-order valence-corrected chi connectivity index (χ0v) is 10.8. The topological polar surface area (TPSA) is 33.1 Å². The second-order valence-electron chi connectivity index (χ2n) is 2.98. The second-order valence-corrected chi connectivity index (χ2v) is 6.16. The molecule has 0 saturated carbocycles. The lowest BCUT2D eigenvalue weighted by molar-refractivity contribution is 0.199. The zero-order valence-electron chi connectivity index (χ0n) is 7.70. The van der Waals surface area contributed by atoms with Crippen LogP contribution < -0.4 is 0 Å². The quantitative estimate of drug-likeness (QED) is 0.892. The first-order valence-electron chi connectivity index (χ1n) is 4.16. The van der Waals surface area contributed by atoms with Crippen molar-refractivity contribution in [3.05, 3.63) is 25.1 Å². The van der Waals surface area contributed by atoms with Gasteiger partial charge in [0.15, 0.2) is 0 Å². The molecule has 0 fully saturated rings. The van der Waals surface area contributed by atoms with E-state index < -0.39 is 6.10 Å². The number of halogens is 2. The number of thiophene rings is 1. The van der Waals surface area contributed by atoms with Gasteiger partial charge in [0.2, 0.25) is 0 Å². The van der Waals surface area contributed by atoms with Gasteiger partial charge in [0.25, 0.3) is 0 Å². The van der Waals surface area contributed by atoms with Crippen LogP contribution in [-0.2, 0) is 0 Å². The SMILES string of the molecule is CC(O)c1nc(-c2cc(Cl)sc2Cl)cs1. The van der Waals surface area contributed by atoms with Crippen LogP contribution in [-0.4, -0.2) is 10.1 Å². The summed E-state index contributed by atoms with van der Waals surface area (Å²) < 4.78 is 1.27. The van der Waals surface area contributed by atoms with Crippen LogP contribution in [0.25, 0.3) is 11.3 Å². The first kappa shape index (κ1) is 11.4. The van der Waals surface area contributed by atoms with Gasteiger partial charge in [-0.05, 0) is 13.0 Å². The predicted octanol–water partition coefficient (Wildman–Crippen LogP) is 4.23.